The van der Waals surface area contributed by atoms with Crippen molar-refractivity contribution < 1.29 is 4.79 Å². The molecule has 0 aromatic carbocycles. The summed E-state index contributed by atoms with van der Waals surface area (Å²) in [6, 6.07) is 0. The summed E-state index contributed by atoms with van der Waals surface area (Å²) < 4.78 is 0. The summed E-state index contributed by atoms with van der Waals surface area (Å²) in [5.74, 6) is -0.245. The molecule has 0 atom stereocenters. The van der Waals surface area contributed by atoms with Gasteiger partial charge in [-0.3, -0.25) is 4.79 Å². The van der Waals surface area contributed by atoms with Crippen molar-refractivity contribution in [2.75, 3.05) is 0 Å². The van der Waals surface area contributed by atoms with Gasteiger partial charge in [-0.15, -0.1) is 0 Å². The molecule has 2 nitrogen and oxygen atoms in total. The van der Waals surface area contributed by atoms with E-state index in [9.17, 15) is 4.79 Å². The second-order valence-corrected chi connectivity index (χ2v) is 0.820. The number of primary amides is 1. The Labute approximate surface area is 31.0 Å². The molecule has 2 N–H and O–H groups in total. The van der Waals surface area contributed by atoms with Crippen molar-refractivity contribution in [1.82, 2.24) is 0 Å². The Morgan fingerprint density at radius 1 is 2.00 bits per heavy atom. The van der Waals surface area contributed by atoms with E-state index in [2.05, 4.69) is 5.73 Å². The molecule has 1 amide bonds. The Bertz CT molecular complexity index is 42.2. The number of carbonyl (C=O) groups is 1. The van der Waals surface area contributed by atoms with Crippen molar-refractivity contribution in [3.8, 4) is 0 Å². The first-order chi connectivity index (χ1) is 2.27. The molecule has 0 aromatic rings. The van der Waals surface area contributed by atoms with Crippen molar-refractivity contribution in [2.24, 2.45) is 5.73 Å². The minimum atomic E-state index is -0.245. The van der Waals surface area contributed by atoms with Crippen LogP contribution in [0.4, 0.5) is 0 Å². The van der Waals surface area contributed by atoms with Gasteiger partial charge in [-0.2, -0.15) is 0 Å². The van der Waals surface area contributed by atoms with Crippen LogP contribution in [-0.2, 0) is 4.79 Å². The van der Waals surface area contributed by atoms with Crippen LogP contribution in [0.2, 0.25) is 0 Å². The Morgan fingerprint density at radius 2 is 2.20 bits per heavy atom. The van der Waals surface area contributed by atoms with Gasteiger partial charge in [0.1, 0.15) is 0 Å². The highest BCUT2D eigenvalue weighted by atomic mass is 16.1. The molecule has 0 aliphatic carbocycles. The van der Waals surface area contributed by atoms with E-state index < -0.39 is 0 Å². The molecule has 0 unspecified atom stereocenters. The lowest BCUT2D eigenvalue weighted by atomic mass is 10.8. The molecule has 0 bridgehead atoms. The lowest BCUT2D eigenvalue weighted by Gasteiger charge is -1.73. The highest BCUT2D eigenvalue weighted by molar-refractivity contribution is 5.73. The number of hydrogen-bond donors (Lipinski definition) is 1. The summed E-state index contributed by atoms with van der Waals surface area (Å²) in [5, 5.41) is 0. The molecular formula is C3H7NO. The van der Waals surface area contributed by atoms with Gasteiger partial charge in [0.2, 0.25) is 5.91 Å². The van der Waals surface area contributed by atoms with Gasteiger partial charge in [-0.05, 0) is 0 Å². The fourth-order valence-electron chi connectivity index (χ4n) is 0. The van der Waals surface area contributed by atoms with Gasteiger partial charge in [0.05, 0.1) is 0 Å². The van der Waals surface area contributed by atoms with Crippen LogP contribution in [0.15, 0.2) is 0 Å². The predicted octanol–water partition coefficient (Wildman–Crippen LogP) is -0.118. The van der Waals surface area contributed by atoms with Crippen molar-refractivity contribution in [2.45, 2.75) is 13.3 Å². The number of amides is 1. The number of hydrogen-bond acceptors (Lipinski definition) is 1. The zero-order chi connectivity index (χ0) is 4.28. The molecular weight excluding hydrogens is 67.0 g/mol. The topological polar surface area (TPSA) is 43.1 Å². The number of rotatable bonds is 1. The van der Waals surface area contributed by atoms with E-state index >= 15 is 0 Å². The summed E-state index contributed by atoms with van der Waals surface area (Å²) in [4.78, 5) is 9.59. The maximum atomic E-state index is 9.59. The lowest BCUT2D eigenvalue weighted by molar-refractivity contribution is -0.117. The average Bonchev–Trinajstić information content (AvgIpc) is 1.38. The molecule has 5 heavy (non-hydrogen) atoms. The van der Waals surface area contributed by atoms with Gasteiger partial charge >= 0.3 is 0 Å². The SMILES string of the molecule is C[13CH2]C(N)=O. The van der Waals surface area contributed by atoms with Gasteiger partial charge in [0.15, 0.2) is 0 Å². The second kappa shape index (κ2) is 1.76. The van der Waals surface area contributed by atoms with Gasteiger partial charge in [0, 0.05) is 6.42 Å². The molecule has 0 radical (unpaired) electrons. The molecule has 0 saturated carbocycles. The minimum Gasteiger partial charge on any atom is -0.370 e. The van der Waals surface area contributed by atoms with Crippen molar-refractivity contribution in [3.63, 3.8) is 0 Å². The summed E-state index contributed by atoms with van der Waals surface area (Å²) in [6.07, 6.45) is 0.444. The monoisotopic (exact) mass is 74.1 g/mol. The van der Waals surface area contributed by atoms with Gasteiger partial charge in [-0.25, -0.2) is 0 Å². The first-order valence-electron chi connectivity index (χ1n) is 1.55. The summed E-state index contributed by atoms with van der Waals surface area (Å²) in [5.41, 5.74) is 4.65. The van der Waals surface area contributed by atoms with Crippen molar-refractivity contribution >= 4 is 5.91 Å². The molecule has 0 fully saturated rings. The summed E-state index contributed by atoms with van der Waals surface area (Å²) >= 11 is 0. The molecule has 0 aromatic heterocycles. The third kappa shape index (κ3) is 3.47. The molecule has 30 valence electrons. The first kappa shape index (κ1) is 4.47. The van der Waals surface area contributed by atoms with Gasteiger partial charge < -0.3 is 5.73 Å². The highest BCUT2D eigenvalue weighted by Crippen LogP contribution is 1.63. The highest BCUT2D eigenvalue weighted by Gasteiger charge is 1.77. The van der Waals surface area contributed by atoms with Crippen LogP contribution < -0.4 is 5.73 Å². The van der Waals surface area contributed by atoms with Crippen LogP contribution >= 0.6 is 0 Å². The second-order valence-electron chi connectivity index (χ2n) is 0.820. The van der Waals surface area contributed by atoms with Crippen LogP contribution in [0.25, 0.3) is 0 Å². The van der Waals surface area contributed by atoms with Crippen LogP contribution in [0.5, 0.6) is 0 Å². The lowest BCUT2D eigenvalue weighted by Crippen LogP contribution is -2.06. The quantitative estimate of drug-likeness (QED) is 0.433. The van der Waals surface area contributed by atoms with E-state index in [0.717, 1.165) is 0 Å². The number of nitrogens with two attached hydrogens (primary N) is 1. The maximum absolute atomic E-state index is 9.59. The Hall–Kier alpha value is -0.530. The Morgan fingerprint density at radius 3 is 2.20 bits per heavy atom. The molecule has 0 heterocycles. The van der Waals surface area contributed by atoms with E-state index in [0.29, 0.717) is 6.42 Å². The normalized spacial score (nSPS) is 7.40. The van der Waals surface area contributed by atoms with Crippen LogP contribution in [-0.4, -0.2) is 5.91 Å². The molecule has 0 aliphatic heterocycles. The summed E-state index contributed by atoms with van der Waals surface area (Å²) in [6.45, 7) is 1.72. The van der Waals surface area contributed by atoms with Crippen LogP contribution in [0.3, 0.4) is 0 Å². The zero-order valence-electron chi connectivity index (χ0n) is 3.19. The van der Waals surface area contributed by atoms with Gasteiger partial charge in [-0.1, -0.05) is 6.92 Å². The summed E-state index contributed by atoms with van der Waals surface area (Å²) in [7, 11) is 0. The third-order valence-corrected chi connectivity index (χ3v) is 0.348. The average molecular weight is 74.1 g/mol. The molecule has 0 spiro atoms. The fraction of sp³-hybridized carbons (Fsp3) is 0.667. The van der Waals surface area contributed by atoms with E-state index in [4.69, 9.17) is 0 Å². The molecule has 0 aliphatic rings. The zero-order valence-corrected chi connectivity index (χ0v) is 3.19. The Kier molecular flexibility index (Phi) is 1.57. The molecule has 0 saturated heterocycles. The molecule has 2 heteroatoms. The van der Waals surface area contributed by atoms with Gasteiger partial charge in [0.25, 0.3) is 0 Å². The third-order valence-electron chi connectivity index (χ3n) is 0.348. The predicted molar refractivity (Wildman–Crippen MR) is 19.5 cm³/mol. The van der Waals surface area contributed by atoms with Crippen LogP contribution in [0, 0.1) is 0 Å². The minimum absolute atomic E-state index is 0.245. The Balaban J connectivity index is 2.85. The van der Waals surface area contributed by atoms with Crippen molar-refractivity contribution in [1.29, 1.82) is 0 Å². The van der Waals surface area contributed by atoms with Crippen LogP contribution in [0.1, 0.15) is 13.3 Å². The van der Waals surface area contributed by atoms with E-state index in [1.165, 1.54) is 0 Å². The van der Waals surface area contributed by atoms with Crippen molar-refractivity contribution in [3.05, 3.63) is 0 Å². The maximum Gasteiger partial charge on any atom is 0.217 e. The van der Waals surface area contributed by atoms with E-state index in [-0.39, 0.29) is 5.91 Å². The first-order valence-corrected chi connectivity index (χ1v) is 1.55. The molecule has 0 rings (SSSR count). The van der Waals surface area contributed by atoms with E-state index in [1.807, 2.05) is 0 Å². The smallest absolute Gasteiger partial charge is 0.217 e. The standard InChI is InChI=1S/C3H7NO/c1-2-3(4)5/h2H2,1H3,(H2,4,5)/i2+1. The van der Waals surface area contributed by atoms with E-state index in [1.54, 1.807) is 6.92 Å². The fourth-order valence-corrected chi connectivity index (χ4v) is 0. The number of carbonyl (C=O) groups excluding carboxylic acids is 1. The largest absolute Gasteiger partial charge is 0.370 e.